The molecule has 0 radical (unpaired) electrons. The highest BCUT2D eigenvalue weighted by Crippen LogP contribution is 2.28. The average Bonchev–Trinajstić information content (AvgIpc) is 3.33. The van der Waals surface area contributed by atoms with Crippen molar-refractivity contribution in [3.63, 3.8) is 0 Å². The molecule has 1 atom stereocenters. The van der Waals surface area contributed by atoms with E-state index in [2.05, 4.69) is 35.3 Å². The number of para-hydroxylation sites is 1. The molecule has 2 fully saturated rings. The molecule has 1 aromatic carbocycles. The van der Waals surface area contributed by atoms with Crippen LogP contribution in [-0.4, -0.2) is 41.7 Å². The van der Waals surface area contributed by atoms with Crippen LogP contribution in [-0.2, 0) is 16.1 Å². The van der Waals surface area contributed by atoms with Gasteiger partial charge >= 0.3 is 0 Å². The van der Waals surface area contributed by atoms with Gasteiger partial charge in [-0.15, -0.1) is 0 Å². The van der Waals surface area contributed by atoms with Crippen LogP contribution in [0.15, 0.2) is 18.2 Å². The highest BCUT2D eigenvalue weighted by atomic mass is 16.5. The van der Waals surface area contributed by atoms with E-state index in [0.29, 0.717) is 19.0 Å². The number of fused-ring (bicyclic) bond motifs is 1. The molecule has 2 saturated heterocycles. The fourth-order valence-electron chi connectivity index (χ4n) is 3.64. The standard InChI is InChI=1S/C19H24N4O2/c1-13-6-4-7-14-17(13)21-16(22-18(14)23-9-2-3-10-23)12-20-19(24)15-8-5-11-25-15/h4,6-7,15H,2-3,5,8-12H2,1H3,(H,20,24). The van der Waals surface area contributed by atoms with Crippen molar-refractivity contribution in [2.24, 2.45) is 0 Å². The Hall–Kier alpha value is -2.21. The van der Waals surface area contributed by atoms with Crippen molar-refractivity contribution in [2.75, 3.05) is 24.6 Å². The number of aryl methyl sites for hydroxylation is 1. The van der Waals surface area contributed by atoms with Gasteiger partial charge < -0.3 is 15.0 Å². The van der Waals surface area contributed by atoms with E-state index in [1.54, 1.807) is 0 Å². The molecule has 2 aliphatic rings. The monoisotopic (exact) mass is 340 g/mol. The Kier molecular flexibility index (Phi) is 4.53. The van der Waals surface area contributed by atoms with E-state index in [4.69, 9.17) is 14.7 Å². The van der Waals surface area contributed by atoms with Gasteiger partial charge in [-0.05, 0) is 44.2 Å². The first kappa shape index (κ1) is 16.3. The zero-order chi connectivity index (χ0) is 17.2. The summed E-state index contributed by atoms with van der Waals surface area (Å²) in [6.07, 6.45) is 3.82. The Morgan fingerprint density at radius 3 is 2.88 bits per heavy atom. The molecular weight excluding hydrogens is 316 g/mol. The number of carbonyl (C=O) groups is 1. The van der Waals surface area contributed by atoms with E-state index < -0.39 is 0 Å². The third kappa shape index (κ3) is 3.31. The van der Waals surface area contributed by atoms with Crippen LogP contribution in [0.4, 0.5) is 5.82 Å². The molecule has 0 spiro atoms. The summed E-state index contributed by atoms with van der Waals surface area (Å²) in [6.45, 7) is 5.13. The minimum atomic E-state index is -0.319. The van der Waals surface area contributed by atoms with Gasteiger partial charge in [0.15, 0.2) is 5.82 Å². The number of hydrogen-bond donors (Lipinski definition) is 1. The highest BCUT2D eigenvalue weighted by molar-refractivity contribution is 5.91. The molecule has 0 saturated carbocycles. The van der Waals surface area contributed by atoms with Gasteiger partial charge in [-0.1, -0.05) is 12.1 Å². The van der Waals surface area contributed by atoms with Crippen molar-refractivity contribution >= 4 is 22.6 Å². The average molecular weight is 340 g/mol. The van der Waals surface area contributed by atoms with E-state index in [9.17, 15) is 4.79 Å². The van der Waals surface area contributed by atoms with Crippen LogP contribution in [0.1, 0.15) is 37.1 Å². The molecule has 6 nitrogen and oxygen atoms in total. The largest absolute Gasteiger partial charge is 0.368 e. The van der Waals surface area contributed by atoms with E-state index in [1.165, 1.54) is 12.8 Å². The van der Waals surface area contributed by atoms with Crippen LogP contribution in [0.3, 0.4) is 0 Å². The van der Waals surface area contributed by atoms with Crippen LogP contribution in [0.25, 0.3) is 10.9 Å². The lowest BCUT2D eigenvalue weighted by atomic mass is 10.1. The topological polar surface area (TPSA) is 67.4 Å². The maximum atomic E-state index is 12.2. The summed E-state index contributed by atoms with van der Waals surface area (Å²) in [5, 5.41) is 4.03. The number of carbonyl (C=O) groups excluding carboxylic acids is 1. The van der Waals surface area contributed by atoms with Gasteiger partial charge in [0.25, 0.3) is 0 Å². The summed E-state index contributed by atoms with van der Waals surface area (Å²) in [5.41, 5.74) is 2.10. The number of amides is 1. The molecule has 6 heteroatoms. The van der Waals surface area contributed by atoms with Gasteiger partial charge in [-0.3, -0.25) is 4.79 Å². The van der Waals surface area contributed by atoms with E-state index in [1.807, 2.05) is 0 Å². The minimum Gasteiger partial charge on any atom is -0.368 e. The molecule has 0 aliphatic carbocycles. The first-order chi connectivity index (χ1) is 12.2. The van der Waals surface area contributed by atoms with Crippen LogP contribution in [0.2, 0.25) is 0 Å². The highest BCUT2D eigenvalue weighted by Gasteiger charge is 2.24. The zero-order valence-corrected chi connectivity index (χ0v) is 14.6. The lowest BCUT2D eigenvalue weighted by Crippen LogP contribution is -2.34. The first-order valence-electron chi connectivity index (χ1n) is 9.13. The van der Waals surface area contributed by atoms with Crippen molar-refractivity contribution in [3.05, 3.63) is 29.6 Å². The number of rotatable bonds is 4. The zero-order valence-electron chi connectivity index (χ0n) is 14.6. The van der Waals surface area contributed by atoms with Gasteiger partial charge in [0.05, 0.1) is 12.1 Å². The fourth-order valence-corrected chi connectivity index (χ4v) is 3.64. The summed E-state index contributed by atoms with van der Waals surface area (Å²) in [4.78, 5) is 24.0. The molecule has 1 aromatic heterocycles. The smallest absolute Gasteiger partial charge is 0.249 e. The molecule has 132 valence electrons. The second-order valence-electron chi connectivity index (χ2n) is 6.85. The van der Waals surface area contributed by atoms with Crippen LogP contribution < -0.4 is 10.2 Å². The van der Waals surface area contributed by atoms with Crippen LogP contribution >= 0.6 is 0 Å². The summed E-state index contributed by atoms with van der Waals surface area (Å²) in [5.74, 6) is 1.59. The number of aromatic nitrogens is 2. The Labute approximate surface area is 147 Å². The maximum Gasteiger partial charge on any atom is 0.249 e. The first-order valence-corrected chi connectivity index (χ1v) is 9.13. The van der Waals surface area contributed by atoms with E-state index >= 15 is 0 Å². The Bertz CT molecular complexity index is 780. The summed E-state index contributed by atoms with van der Waals surface area (Å²) < 4.78 is 5.44. The van der Waals surface area contributed by atoms with E-state index in [0.717, 1.165) is 48.2 Å². The summed E-state index contributed by atoms with van der Waals surface area (Å²) in [7, 11) is 0. The number of anilines is 1. The molecule has 1 amide bonds. The normalized spacial score (nSPS) is 20.4. The number of nitrogens with zero attached hydrogens (tertiary/aromatic N) is 3. The van der Waals surface area contributed by atoms with Gasteiger partial charge in [-0.2, -0.15) is 0 Å². The summed E-state index contributed by atoms with van der Waals surface area (Å²) in [6, 6.07) is 6.21. The molecule has 1 N–H and O–H groups in total. The quantitative estimate of drug-likeness (QED) is 0.925. The second-order valence-corrected chi connectivity index (χ2v) is 6.85. The molecule has 3 heterocycles. The van der Waals surface area contributed by atoms with Crippen molar-refractivity contribution in [2.45, 2.75) is 45.3 Å². The molecule has 0 bridgehead atoms. The Morgan fingerprint density at radius 2 is 2.12 bits per heavy atom. The number of nitrogens with one attached hydrogen (secondary N) is 1. The third-order valence-corrected chi connectivity index (χ3v) is 5.00. The Morgan fingerprint density at radius 1 is 1.28 bits per heavy atom. The lowest BCUT2D eigenvalue weighted by Gasteiger charge is -2.20. The lowest BCUT2D eigenvalue weighted by molar-refractivity contribution is -0.130. The predicted octanol–water partition coefficient (Wildman–Crippen LogP) is 2.33. The van der Waals surface area contributed by atoms with Gasteiger partial charge in [-0.25, -0.2) is 9.97 Å². The molecule has 4 rings (SSSR count). The van der Waals surface area contributed by atoms with Crippen LogP contribution in [0, 0.1) is 6.92 Å². The molecular formula is C19H24N4O2. The van der Waals surface area contributed by atoms with E-state index in [-0.39, 0.29) is 12.0 Å². The maximum absolute atomic E-state index is 12.2. The molecule has 1 unspecified atom stereocenters. The van der Waals surface area contributed by atoms with Gasteiger partial charge in [0.2, 0.25) is 5.91 Å². The fraction of sp³-hybridized carbons (Fsp3) is 0.526. The second kappa shape index (κ2) is 6.96. The van der Waals surface area contributed by atoms with Crippen molar-refractivity contribution in [1.29, 1.82) is 0 Å². The van der Waals surface area contributed by atoms with Crippen LogP contribution in [0.5, 0.6) is 0 Å². The Balaban J connectivity index is 1.62. The van der Waals surface area contributed by atoms with Gasteiger partial charge in [0, 0.05) is 25.1 Å². The predicted molar refractivity (Wildman–Crippen MR) is 96.5 cm³/mol. The van der Waals surface area contributed by atoms with Crippen molar-refractivity contribution < 1.29 is 9.53 Å². The van der Waals surface area contributed by atoms with Crippen molar-refractivity contribution in [3.8, 4) is 0 Å². The number of benzene rings is 1. The SMILES string of the molecule is Cc1cccc2c(N3CCCC3)nc(CNC(=O)C3CCCO3)nc12. The third-order valence-electron chi connectivity index (χ3n) is 5.00. The van der Waals surface area contributed by atoms with Crippen molar-refractivity contribution in [1.82, 2.24) is 15.3 Å². The molecule has 25 heavy (non-hydrogen) atoms. The van der Waals surface area contributed by atoms with Gasteiger partial charge in [0.1, 0.15) is 11.9 Å². The molecule has 2 aromatic rings. The number of ether oxygens (including phenoxy) is 1. The summed E-state index contributed by atoms with van der Waals surface area (Å²) >= 11 is 0. The molecule has 2 aliphatic heterocycles. The number of hydrogen-bond acceptors (Lipinski definition) is 5. The minimum absolute atomic E-state index is 0.0614.